The Morgan fingerprint density at radius 1 is 1.07 bits per heavy atom. The number of morpholine rings is 2. The second-order valence-electron chi connectivity index (χ2n) is 10.9. The number of sulfonamides is 1. The van der Waals surface area contributed by atoms with E-state index in [0.29, 0.717) is 19.7 Å². The van der Waals surface area contributed by atoms with Gasteiger partial charge < -0.3 is 19.3 Å². The first kappa shape index (κ1) is 29.0. The molecule has 1 aromatic heterocycles. The lowest BCUT2D eigenvalue weighted by Crippen LogP contribution is -2.53. The van der Waals surface area contributed by atoms with Crippen LogP contribution < -0.4 is 9.80 Å². The van der Waals surface area contributed by atoms with Gasteiger partial charge in [-0.25, -0.2) is 18.4 Å². The van der Waals surface area contributed by atoms with E-state index in [4.69, 9.17) is 9.47 Å². The van der Waals surface area contributed by atoms with Gasteiger partial charge >= 0.3 is 6.18 Å². The van der Waals surface area contributed by atoms with Gasteiger partial charge in [-0.3, -0.25) is 0 Å². The summed E-state index contributed by atoms with van der Waals surface area (Å²) in [7, 11) is -3.44. The van der Waals surface area contributed by atoms with Gasteiger partial charge in [-0.2, -0.15) is 17.5 Å². The summed E-state index contributed by atoms with van der Waals surface area (Å²) in [4.78, 5) is 11.6. The molecule has 220 valence electrons. The summed E-state index contributed by atoms with van der Waals surface area (Å²) < 4.78 is 80.1. The highest BCUT2D eigenvalue weighted by molar-refractivity contribution is 7.88. The van der Waals surface area contributed by atoms with E-state index in [1.54, 1.807) is 11.0 Å². The minimum atomic E-state index is -4.74. The van der Waals surface area contributed by atoms with E-state index >= 15 is 0 Å². The number of aromatic nitrogens is 2. The summed E-state index contributed by atoms with van der Waals surface area (Å²) in [5.41, 5.74) is 0.508. The minimum absolute atomic E-state index is 0.111. The first-order valence-electron chi connectivity index (χ1n) is 13.7. The third kappa shape index (κ3) is 7.04. The van der Waals surface area contributed by atoms with Crippen LogP contribution in [0, 0.1) is 0 Å². The summed E-state index contributed by atoms with van der Waals surface area (Å²) in [6, 6.07) is 11.0. The summed E-state index contributed by atoms with van der Waals surface area (Å²) in [6.45, 7) is 2.31. The first-order valence-corrected chi connectivity index (χ1v) is 15.6. The Morgan fingerprint density at radius 2 is 1.82 bits per heavy atom. The van der Waals surface area contributed by atoms with Crippen LogP contribution in [-0.4, -0.2) is 86.6 Å². The molecule has 1 aliphatic carbocycles. The van der Waals surface area contributed by atoms with Crippen LogP contribution in [0.15, 0.2) is 36.4 Å². The summed E-state index contributed by atoms with van der Waals surface area (Å²) in [5, 5.41) is 0. The molecule has 1 unspecified atom stereocenters. The quantitative estimate of drug-likeness (QED) is 0.488. The van der Waals surface area contributed by atoms with Crippen LogP contribution in [0.4, 0.5) is 24.8 Å². The number of alkyl halides is 3. The Kier molecular flexibility index (Phi) is 8.55. The molecule has 1 atom stereocenters. The zero-order chi connectivity index (χ0) is 28.4. The van der Waals surface area contributed by atoms with Gasteiger partial charge in [0.15, 0.2) is 0 Å². The number of nitrogens with zero attached hydrogens (tertiary/aromatic N) is 5. The smallest absolute Gasteiger partial charge is 0.374 e. The molecule has 40 heavy (non-hydrogen) atoms. The normalized spacial score (nSPS) is 22.4. The maximum Gasteiger partial charge on any atom is 0.451 e. The molecule has 1 spiro atoms. The average Bonchev–Trinajstić information content (AvgIpc) is 2.93. The number of rotatable bonds is 7. The van der Waals surface area contributed by atoms with Crippen molar-refractivity contribution in [3.63, 3.8) is 0 Å². The van der Waals surface area contributed by atoms with Crippen molar-refractivity contribution < 1.29 is 31.1 Å². The van der Waals surface area contributed by atoms with Crippen molar-refractivity contribution in [1.29, 1.82) is 0 Å². The van der Waals surface area contributed by atoms with E-state index in [2.05, 4.69) is 9.97 Å². The molecule has 3 aliphatic rings. The lowest BCUT2D eigenvalue weighted by molar-refractivity contribution is -0.144. The number of anilines is 2. The van der Waals surface area contributed by atoms with Crippen molar-refractivity contribution in [1.82, 2.24) is 14.3 Å². The molecule has 2 aliphatic heterocycles. The van der Waals surface area contributed by atoms with E-state index < -0.39 is 28.1 Å². The van der Waals surface area contributed by atoms with Crippen LogP contribution >= 0.6 is 0 Å². The number of benzene rings is 1. The zero-order valence-corrected chi connectivity index (χ0v) is 23.5. The van der Waals surface area contributed by atoms with Crippen molar-refractivity contribution in [2.24, 2.45) is 0 Å². The Labute approximate surface area is 233 Å². The predicted octanol–water partition coefficient (Wildman–Crippen LogP) is 3.70. The van der Waals surface area contributed by atoms with Crippen LogP contribution in [0.5, 0.6) is 0 Å². The van der Waals surface area contributed by atoms with Gasteiger partial charge in [-0.15, -0.1) is 0 Å². The van der Waals surface area contributed by atoms with Crippen LogP contribution in [0.3, 0.4) is 0 Å². The molecule has 3 fully saturated rings. The number of hydrogen-bond acceptors (Lipinski definition) is 8. The molecule has 0 radical (unpaired) electrons. The van der Waals surface area contributed by atoms with Crippen molar-refractivity contribution in [2.75, 3.05) is 62.0 Å². The van der Waals surface area contributed by atoms with Gasteiger partial charge in [0.05, 0.1) is 31.2 Å². The second-order valence-corrected chi connectivity index (χ2v) is 12.9. The van der Waals surface area contributed by atoms with E-state index in [1.807, 2.05) is 35.2 Å². The Hall–Kier alpha value is -2.48. The number of ether oxygens (including phenoxy) is 2. The second kappa shape index (κ2) is 11.8. The maximum absolute atomic E-state index is 14.1. The predicted molar refractivity (Wildman–Crippen MR) is 145 cm³/mol. The Balaban J connectivity index is 1.48. The van der Waals surface area contributed by atoms with Crippen LogP contribution in [0.1, 0.15) is 43.5 Å². The lowest BCUT2D eigenvalue weighted by Gasteiger charge is -2.45. The Bertz CT molecular complexity index is 1250. The molecule has 2 aromatic rings. The van der Waals surface area contributed by atoms with E-state index in [-0.39, 0.29) is 50.0 Å². The fourth-order valence-corrected chi connectivity index (χ4v) is 6.65. The highest BCUT2D eigenvalue weighted by Gasteiger charge is 2.40. The van der Waals surface area contributed by atoms with Crippen LogP contribution in [-0.2, 0) is 32.2 Å². The van der Waals surface area contributed by atoms with Crippen molar-refractivity contribution >= 4 is 21.7 Å². The molecule has 3 heterocycles. The zero-order valence-electron chi connectivity index (χ0n) is 22.6. The first-order chi connectivity index (χ1) is 19.0. The molecule has 13 heteroatoms. The summed E-state index contributed by atoms with van der Waals surface area (Å²) >= 11 is 0. The van der Waals surface area contributed by atoms with E-state index in [0.717, 1.165) is 43.9 Å². The molecule has 0 amide bonds. The molecule has 1 saturated carbocycles. The van der Waals surface area contributed by atoms with Crippen molar-refractivity contribution in [2.45, 2.75) is 56.5 Å². The fraction of sp³-hybridized carbons (Fsp3) is 0.630. The van der Waals surface area contributed by atoms with E-state index in [1.165, 1.54) is 4.31 Å². The van der Waals surface area contributed by atoms with Crippen LogP contribution in [0.2, 0.25) is 0 Å². The Morgan fingerprint density at radius 3 is 2.52 bits per heavy atom. The van der Waals surface area contributed by atoms with Crippen LogP contribution in [0.25, 0.3) is 0 Å². The van der Waals surface area contributed by atoms with Gasteiger partial charge in [-0.1, -0.05) is 49.6 Å². The van der Waals surface area contributed by atoms with Gasteiger partial charge in [0.2, 0.25) is 15.8 Å². The fourth-order valence-electron chi connectivity index (χ4n) is 5.80. The third-order valence-electron chi connectivity index (χ3n) is 7.82. The number of hydrogen-bond donors (Lipinski definition) is 0. The van der Waals surface area contributed by atoms with Crippen molar-refractivity contribution in [3.8, 4) is 0 Å². The van der Waals surface area contributed by atoms with Crippen molar-refractivity contribution in [3.05, 3.63) is 47.8 Å². The molecule has 0 bridgehead atoms. The largest absolute Gasteiger partial charge is 0.451 e. The minimum Gasteiger partial charge on any atom is -0.374 e. The molecule has 5 rings (SSSR count). The summed E-state index contributed by atoms with van der Waals surface area (Å²) in [5.74, 6) is -0.874. The topological polar surface area (TPSA) is 88.1 Å². The molecule has 2 saturated heterocycles. The van der Waals surface area contributed by atoms with E-state index in [9.17, 15) is 21.6 Å². The van der Waals surface area contributed by atoms with Gasteiger partial charge in [0.25, 0.3) is 0 Å². The monoisotopic (exact) mass is 583 g/mol. The highest BCUT2D eigenvalue weighted by atomic mass is 32.2. The lowest BCUT2D eigenvalue weighted by atomic mass is 9.83. The van der Waals surface area contributed by atoms with Gasteiger partial charge in [0, 0.05) is 45.3 Å². The molecular weight excluding hydrogens is 547 g/mol. The molecular formula is C27H36F3N5O4S. The average molecular weight is 584 g/mol. The highest BCUT2D eigenvalue weighted by Crippen LogP contribution is 2.37. The molecule has 1 aromatic carbocycles. The third-order valence-corrected chi connectivity index (χ3v) is 9.09. The molecule has 0 N–H and O–H groups in total. The standard InChI is InChI=1S/C27H36F3N5O4S/c1-40(36,37)35-13-14-38-22(19-35)18-34(17-21-8-4-2-5-9-21)24-16-23(31-25(32-24)27(28,29)30)33-12-15-39-26(20-33)10-6-3-7-11-26/h2,4-5,8-9,16,22H,3,6-7,10-15,17-20H2,1H3. The summed E-state index contributed by atoms with van der Waals surface area (Å²) in [6.07, 6.45) is 0.814. The van der Waals surface area contributed by atoms with Gasteiger partial charge in [0.1, 0.15) is 11.6 Å². The SMILES string of the molecule is CS(=O)(=O)N1CCOC(CN(Cc2ccccc2)c2cc(N3CCOC4(CCCCC4)C3)nc(C(F)(F)F)n2)C1. The number of halogens is 3. The molecule has 9 nitrogen and oxygen atoms in total. The maximum atomic E-state index is 14.1. The van der Waals surface area contributed by atoms with Gasteiger partial charge in [-0.05, 0) is 18.4 Å².